The summed E-state index contributed by atoms with van der Waals surface area (Å²) < 4.78 is 2.19. The number of nitrogens with one attached hydrogen (secondary N) is 1. The van der Waals surface area contributed by atoms with Crippen molar-refractivity contribution < 1.29 is 0 Å². The lowest BCUT2D eigenvalue weighted by atomic mass is 10.1. The van der Waals surface area contributed by atoms with Gasteiger partial charge in [-0.25, -0.2) is 4.98 Å². The molecule has 0 amide bonds. The zero-order valence-corrected chi connectivity index (χ0v) is 10.2. The Kier molecular flexibility index (Phi) is 5.40. The molecule has 1 N–H and O–H groups in total. The van der Waals surface area contributed by atoms with E-state index >= 15 is 0 Å². The molecule has 86 valence electrons. The summed E-state index contributed by atoms with van der Waals surface area (Å²) in [4.78, 5) is 4.35. The van der Waals surface area contributed by atoms with Crippen LogP contribution in [0.5, 0.6) is 0 Å². The number of nitrogens with zero attached hydrogens (tertiary/aromatic N) is 2. The van der Waals surface area contributed by atoms with E-state index < -0.39 is 0 Å². The van der Waals surface area contributed by atoms with E-state index in [2.05, 4.69) is 41.8 Å². The second kappa shape index (κ2) is 6.62. The van der Waals surface area contributed by atoms with Gasteiger partial charge < -0.3 is 9.88 Å². The predicted octanol–water partition coefficient (Wildman–Crippen LogP) is 2.43. The molecule has 0 aliphatic rings. The fourth-order valence-electron chi connectivity index (χ4n) is 1.56. The lowest BCUT2D eigenvalue weighted by Crippen LogP contribution is -2.11. The van der Waals surface area contributed by atoms with Crippen LogP contribution in [0.1, 0.15) is 39.3 Å². The molecular weight excluding hydrogens is 186 g/mol. The maximum atomic E-state index is 4.35. The number of imidazole rings is 1. The van der Waals surface area contributed by atoms with Gasteiger partial charge in [-0.2, -0.15) is 0 Å². The molecule has 3 heteroatoms. The largest absolute Gasteiger partial charge is 0.337 e. The summed E-state index contributed by atoms with van der Waals surface area (Å²) in [5.41, 5.74) is 1.14. The fourth-order valence-corrected chi connectivity index (χ4v) is 1.56. The van der Waals surface area contributed by atoms with Crippen LogP contribution in [0.4, 0.5) is 0 Å². The Balaban J connectivity index is 2.26. The Morgan fingerprint density at radius 3 is 2.93 bits per heavy atom. The minimum Gasteiger partial charge on any atom is -0.337 e. The monoisotopic (exact) mass is 209 g/mol. The lowest BCUT2D eigenvalue weighted by Gasteiger charge is -2.04. The summed E-state index contributed by atoms with van der Waals surface area (Å²) in [7, 11) is 0. The molecule has 0 fully saturated rings. The van der Waals surface area contributed by atoms with Gasteiger partial charge in [0.2, 0.25) is 0 Å². The molecule has 1 aromatic rings. The molecule has 1 rings (SSSR count). The molecule has 0 saturated heterocycles. The molecule has 0 spiro atoms. The topological polar surface area (TPSA) is 29.9 Å². The SMILES string of the molecule is CCNCc1cn(CCCC(C)C)cn1. The van der Waals surface area contributed by atoms with Gasteiger partial charge in [0.25, 0.3) is 0 Å². The first-order valence-electron chi connectivity index (χ1n) is 5.93. The molecular formula is C12H23N3. The molecule has 0 saturated carbocycles. The summed E-state index contributed by atoms with van der Waals surface area (Å²) in [6, 6.07) is 0. The van der Waals surface area contributed by atoms with E-state index in [9.17, 15) is 0 Å². The van der Waals surface area contributed by atoms with E-state index in [0.29, 0.717) is 0 Å². The predicted molar refractivity (Wildman–Crippen MR) is 63.7 cm³/mol. The molecule has 0 bridgehead atoms. The van der Waals surface area contributed by atoms with E-state index in [1.54, 1.807) is 0 Å². The van der Waals surface area contributed by atoms with Gasteiger partial charge in [0.1, 0.15) is 0 Å². The molecule has 1 aromatic heterocycles. The van der Waals surface area contributed by atoms with Crippen molar-refractivity contribution in [3.05, 3.63) is 18.2 Å². The molecule has 0 atom stereocenters. The van der Waals surface area contributed by atoms with E-state index in [1.165, 1.54) is 12.8 Å². The van der Waals surface area contributed by atoms with E-state index in [-0.39, 0.29) is 0 Å². The van der Waals surface area contributed by atoms with Crippen molar-refractivity contribution >= 4 is 0 Å². The van der Waals surface area contributed by atoms with Crippen LogP contribution in [0, 0.1) is 5.92 Å². The Morgan fingerprint density at radius 2 is 2.27 bits per heavy atom. The standard InChI is InChI=1S/C12H23N3/c1-4-13-8-12-9-15(10-14-12)7-5-6-11(2)3/h9-11,13H,4-8H2,1-3H3. The molecule has 0 aliphatic heterocycles. The van der Waals surface area contributed by atoms with Gasteiger partial charge in [0.15, 0.2) is 0 Å². The van der Waals surface area contributed by atoms with Gasteiger partial charge in [-0.1, -0.05) is 20.8 Å². The van der Waals surface area contributed by atoms with Gasteiger partial charge in [0, 0.05) is 19.3 Å². The first-order valence-corrected chi connectivity index (χ1v) is 5.93. The highest BCUT2D eigenvalue weighted by Gasteiger charge is 1.98. The number of rotatable bonds is 7. The quantitative estimate of drug-likeness (QED) is 0.747. The van der Waals surface area contributed by atoms with Crippen molar-refractivity contribution in [2.75, 3.05) is 6.54 Å². The maximum Gasteiger partial charge on any atom is 0.0949 e. The third-order valence-corrected chi connectivity index (χ3v) is 2.44. The van der Waals surface area contributed by atoms with Crippen molar-refractivity contribution in [1.82, 2.24) is 14.9 Å². The Bertz CT molecular complexity index is 266. The van der Waals surface area contributed by atoms with E-state index in [1.807, 2.05) is 6.33 Å². The van der Waals surface area contributed by atoms with Crippen molar-refractivity contribution in [3.63, 3.8) is 0 Å². The number of aryl methyl sites for hydroxylation is 1. The van der Waals surface area contributed by atoms with Crippen molar-refractivity contribution in [1.29, 1.82) is 0 Å². The second-order valence-corrected chi connectivity index (χ2v) is 4.42. The van der Waals surface area contributed by atoms with E-state index in [0.717, 1.165) is 31.2 Å². The molecule has 1 heterocycles. The minimum atomic E-state index is 0.801. The third-order valence-electron chi connectivity index (χ3n) is 2.44. The molecule has 0 aromatic carbocycles. The second-order valence-electron chi connectivity index (χ2n) is 4.42. The summed E-state index contributed by atoms with van der Waals surface area (Å²) in [6.07, 6.45) is 6.62. The summed E-state index contributed by atoms with van der Waals surface area (Å²) >= 11 is 0. The van der Waals surface area contributed by atoms with Crippen LogP contribution in [0.2, 0.25) is 0 Å². The van der Waals surface area contributed by atoms with Crippen LogP contribution >= 0.6 is 0 Å². The van der Waals surface area contributed by atoms with Gasteiger partial charge in [-0.15, -0.1) is 0 Å². The smallest absolute Gasteiger partial charge is 0.0949 e. The summed E-state index contributed by atoms with van der Waals surface area (Å²) in [6.45, 7) is 9.62. The van der Waals surface area contributed by atoms with Crippen molar-refractivity contribution in [3.8, 4) is 0 Å². The van der Waals surface area contributed by atoms with Gasteiger partial charge in [-0.05, 0) is 25.3 Å². The average Bonchev–Trinajstić information content (AvgIpc) is 2.62. The summed E-state index contributed by atoms with van der Waals surface area (Å²) in [5, 5.41) is 3.28. The normalized spacial score (nSPS) is 11.2. The van der Waals surface area contributed by atoms with Gasteiger partial charge >= 0.3 is 0 Å². The zero-order chi connectivity index (χ0) is 11.1. The fraction of sp³-hybridized carbons (Fsp3) is 0.750. The van der Waals surface area contributed by atoms with Crippen molar-refractivity contribution in [2.45, 2.75) is 46.7 Å². The lowest BCUT2D eigenvalue weighted by molar-refractivity contribution is 0.511. The molecule has 3 nitrogen and oxygen atoms in total. The van der Waals surface area contributed by atoms with E-state index in [4.69, 9.17) is 0 Å². The number of hydrogen-bond acceptors (Lipinski definition) is 2. The minimum absolute atomic E-state index is 0.801. The third kappa shape index (κ3) is 4.98. The Morgan fingerprint density at radius 1 is 1.47 bits per heavy atom. The molecule has 0 aliphatic carbocycles. The van der Waals surface area contributed by atoms with Crippen LogP contribution in [0.15, 0.2) is 12.5 Å². The highest BCUT2D eigenvalue weighted by Crippen LogP contribution is 2.05. The van der Waals surface area contributed by atoms with Crippen molar-refractivity contribution in [2.24, 2.45) is 5.92 Å². The Labute approximate surface area is 92.9 Å². The van der Waals surface area contributed by atoms with Crippen LogP contribution in [-0.2, 0) is 13.1 Å². The Hall–Kier alpha value is -0.830. The van der Waals surface area contributed by atoms with Crippen LogP contribution in [0.3, 0.4) is 0 Å². The maximum absolute atomic E-state index is 4.35. The molecule has 0 radical (unpaired) electrons. The highest BCUT2D eigenvalue weighted by atomic mass is 15.0. The van der Waals surface area contributed by atoms with Crippen LogP contribution in [-0.4, -0.2) is 16.1 Å². The first-order chi connectivity index (χ1) is 7.22. The summed E-state index contributed by atoms with van der Waals surface area (Å²) in [5.74, 6) is 0.801. The first kappa shape index (κ1) is 12.2. The molecule has 0 unspecified atom stereocenters. The van der Waals surface area contributed by atoms with Crippen LogP contribution < -0.4 is 5.32 Å². The average molecular weight is 209 g/mol. The van der Waals surface area contributed by atoms with Gasteiger partial charge in [0.05, 0.1) is 12.0 Å². The van der Waals surface area contributed by atoms with Gasteiger partial charge in [-0.3, -0.25) is 0 Å². The van der Waals surface area contributed by atoms with Crippen LogP contribution in [0.25, 0.3) is 0 Å². The number of aromatic nitrogens is 2. The molecule has 15 heavy (non-hydrogen) atoms. The zero-order valence-electron chi connectivity index (χ0n) is 10.2. The number of hydrogen-bond donors (Lipinski definition) is 1. The highest BCUT2D eigenvalue weighted by molar-refractivity contribution is 4.95.